The average Bonchev–Trinajstić information content (AvgIpc) is 2.46. The maximum Gasteiger partial charge on any atom is 0.101 e. The summed E-state index contributed by atoms with van der Waals surface area (Å²) in [7, 11) is 0. The Kier molecular flexibility index (Phi) is 7.59. The fourth-order valence-corrected chi connectivity index (χ4v) is 2.56. The van der Waals surface area contributed by atoms with Crippen LogP contribution in [0.1, 0.15) is 43.9 Å². The number of benzene rings is 1. The zero-order valence-electron chi connectivity index (χ0n) is 14.0. The van der Waals surface area contributed by atoms with Gasteiger partial charge >= 0.3 is 0 Å². The highest BCUT2D eigenvalue weighted by Gasteiger charge is 2.08. The third kappa shape index (κ3) is 5.85. The van der Waals surface area contributed by atoms with Crippen LogP contribution in [0.3, 0.4) is 0 Å². The molecule has 0 N–H and O–H groups in total. The van der Waals surface area contributed by atoms with Crippen molar-refractivity contribution in [2.75, 3.05) is 0 Å². The number of allylic oxidation sites excluding steroid dienone is 6. The second-order valence-electron chi connectivity index (χ2n) is 5.73. The van der Waals surface area contributed by atoms with Crippen molar-refractivity contribution in [3.05, 3.63) is 77.9 Å². The first-order valence-corrected chi connectivity index (χ1v) is 7.86. The van der Waals surface area contributed by atoms with Gasteiger partial charge in [0, 0.05) is 0 Å². The molecule has 0 heterocycles. The fraction of sp³-hybridized carbons (Fsp3) is 0.333. The summed E-state index contributed by atoms with van der Waals surface area (Å²) in [5.41, 5.74) is 5.94. The molecular weight excluding hydrogens is 271 g/mol. The Bertz CT molecular complexity index is 574. The lowest BCUT2D eigenvalue weighted by Crippen LogP contribution is -2.00. The van der Waals surface area contributed by atoms with E-state index in [9.17, 15) is 4.39 Å². The molecule has 0 amide bonds. The summed E-state index contributed by atoms with van der Waals surface area (Å²) in [5.74, 6) is 0. The molecule has 1 rings (SSSR count). The van der Waals surface area contributed by atoms with Crippen molar-refractivity contribution in [2.24, 2.45) is 0 Å². The first kappa shape index (κ1) is 18.2. The minimum absolute atomic E-state index is 0.463. The van der Waals surface area contributed by atoms with Crippen LogP contribution in [-0.4, -0.2) is 6.17 Å². The zero-order valence-corrected chi connectivity index (χ0v) is 14.0. The van der Waals surface area contributed by atoms with Gasteiger partial charge in [0.25, 0.3) is 0 Å². The Morgan fingerprint density at radius 3 is 2.59 bits per heavy atom. The van der Waals surface area contributed by atoms with Crippen molar-refractivity contribution in [1.82, 2.24) is 0 Å². The number of halogens is 1. The van der Waals surface area contributed by atoms with E-state index >= 15 is 0 Å². The lowest BCUT2D eigenvalue weighted by molar-refractivity contribution is 0.358. The Morgan fingerprint density at radius 1 is 1.32 bits per heavy atom. The van der Waals surface area contributed by atoms with Gasteiger partial charge in [0.15, 0.2) is 0 Å². The fourth-order valence-electron chi connectivity index (χ4n) is 2.56. The summed E-state index contributed by atoms with van der Waals surface area (Å²) in [5, 5.41) is 0. The number of alkyl halides is 1. The van der Waals surface area contributed by atoms with E-state index in [0.29, 0.717) is 6.42 Å². The Labute approximate surface area is 134 Å². The van der Waals surface area contributed by atoms with Gasteiger partial charge in [0.05, 0.1) is 0 Å². The SMILES string of the molecule is C=C/C=C\C=C(\Cc1ccc(C(=C)C)c(CC)c1)CC(C)F. The third-order valence-electron chi connectivity index (χ3n) is 3.56. The van der Waals surface area contributed by atoms with Gasteiger partial charge in [-0.2, -0.15) is 0 Å². The van der Waals surface area contributed by atoms with Crippen LogP contribution in [-0.2, 0) is 12.8 Å². The highest BCUT2D eigenvalue weighted by Crippen LogP contribution is 2.22. The molecule has 1 atom stereocenters. The van der Waals surface area contributed by atoms with E-state index in [4.69, 9.17) is 0 Å². The van der Waals surface area contributed by atoms with Crippen LogP contribution in [0.2, 0.25) is 0 Å². The van der Waals surface area contributed by atoms with Gasteiger partial charge in [0.1, 0.15) is 6.17 Å². The monoisotopic (exact) mass is 298 g/mol. The first-order chi connectivity index (χ1) is 10.5. The number of rotatable bonds is 8. The summed E-state index contributed by atoms with van der Waals surface area (Å²) in [6.07, 6.45) is 8.90. The minimum atomic E-state index is -0.830. The number of hydrogen-bond donors (Lipinski definition) is 0. The lowest BCUT2D eigenvalue weighted by Gasteiger charge is -2.12. The highest BCUT2D eigenvalue weighted by atomic mass is 19.1. The van der Waals surface area contributed by atoms with Crippen LogP contribution < -0.4 is 0 Å². The van der Waals surface area contributed by atoms with Gasteiger partial charge in [-0.05, 0) is 49.8 Å². The molecule has 0 aliphatic heterocycles. The Morgan fingerprint density at radius 2 is 2.05 bits per heavy atom. The largest absolute Gasteiger partial charge is 0.247 e. The van der Waals surface area contributed by atoms with Gasteiger partial charge in [-0.25, -0.2) is 4.39 Å². The molecule has 1 aromatic rings. The molecule has 0 saturated heterocycles. The molecule has 0 fully saturated rings. The smallest absolute Gasteiger partial charge is 0.101 e. The zero-order chi connectivity index (χ0) is 16.5. The van der Waals surface area contributed by atoms with E-state index < -0.39 is 6.17 Å². The van der Waals surface area contributed by atoms with Gasteiger partial charge in [-0.1, -0.05) is 73.7 Å². The topological polar surface area (TPSA) is 0 Å². The maximum absolute atomic E-state index is 13.4. The molecule has 0 aliphatic carbocycles. The summed E-state index contributed by atoms with van der Waals surface area (Å²) < 4.78 is 13.4. The van der Waals surface area contributed by atoms with Crippen LogP contribution in [0.15, 0.2) is 61.2 Å². The van der Waals surface area contributed by atoms with E-state index in [1.807, 2.05) is 25.2 Å². The first-order valence-electron chi connectivity index (χ1n) is 7.86. The normalized spacial score (nSPS) is 13.4. The van der Waals surface area contributed by atoms with Gasteiger partial charge < -0.3 is 0 Å². The molecule has 118 valence electrons. The molecule has 0 aliphatic rings. The van der Waals surface area contributed by atoms with Crippen LogP contribution in [0.4, 0.5) is 4.39 Å². The van der Waals surface area contributed by atoms with E-state index in [1.54, 1.807) is 13.0 Å². The van der Waals surface area contributed by atoms with Crippen molar-refractivity contribution in [1.29, 1.82) is 0 Å². The maximum atomic E-state index is 13.4. The van der Waals surface area contributed by atoms with Crippen molar-refractivity contribution in [2.45, 2.75) is 46.2 Å². The quantitative estimate of drug-likeness (QED) is 0.498. The van der Waals surface area contributed by atoms with Crippen molar-refractivity contribution in [3.8, 4) is 0 Å². The summed E-state index contributed by atoms with van der Waals surface area (Å²) in [6.45, 7) is 13.5. The van der Waals surface area contributed by atoms with Crippen molar-refractivity contribution in [3.63, 3.8) is 0 Å². The number of aryl methyl sites for hydroxylation is 1. The minimum Gasteiger partial charge on any atom is -0.247 e. The Balaban J connectivity index is 3.02. The summed E-state index contributed by atoms with van der Waals surface area (Å²) >= 11 is 0. The predicted molar refractivity (Wildman–Crippen MR) is 96.8 cm³/mol. The highest BCUT2D eigenvalue weighted by molar-refractivity contribution is 5.65. The van der Waals surface area contributed by atoms with Crippen LogP contribution in [0.5, 0.6) is 0 Å². The molecule has 1 unspecified atom stereocenters. The average molecular weight is 298 g/mol. The Hall–Kier alpha value is -1.89. The molecular formula is C21H27F. The standard InChI is InChI=1S/C21H27F/c1-6-8-9-10-18(13-17(5)22)14-19-11-12-21(16(3)4)20(7-2)15-19/h6,8-12,15,17H,1,3,7,13-14H2,2,4-5H3/b9-8-,18-10+. The summed E-state index contributed by atoms with van der Waals surface area (Å²) in [4.78, 5) is 0. The van der Waals surface area contributed by atoms with Crippen LogP contribution in [0.25, 0.3) is 5.57 Å². The van der Waals surface area contributed by atoms with Crippen LogP contribution >= 0.6 is 0 Å². The second kappa shape index (κ2) is 9.19. The van der Waals surface area contributed by atoms with E-state index in [2.05, 4.69) is 38.3 Å². The molecule has 1 aromatic carbocycles. The predicted octanol–water partition coefficient (Wildman–Crippen LogP) is 6.24. The van der Waals surface area contributed by atoms with Crippen molar-refractivity contribution < 1.29 is 4.39 Å². The van der Waals surface area contributed by atoms with E-state index in [-0.39, 0.29) is 0 Å². The molecule has 0 radical (unpaired) electrons. The molecule has 1 heteroatoms. The van der Waals surface area contributed by atoms with Gasteiger partial charge in [-0.3, -0.25) is 0 Å². The molecule has 0 bridgehead atoms. The van der Waals surface area contributed by atoms with Crippen LogP contribution in [0, 0.1) is 0 Å². The summed E-state index contributed by atoms with van der Waals surface area (Å²) in [6, 6.07) is 6.47. The van der Waals surface area contributed by atoms with Gasteiger partial charge in [0.2, 0.25) is 0 Å². The number of hydrogen-bond acceptors (Lipinski definition) is 0. The molecule has 0 nitrogen and oxygen atoms in total. The second-order valence-corrected chi connectivity index (χ2v) is 5.73. The third-order valence-corrected chi connectivity index (χ3v) is 3.56. The molecule has 0 aromatic heterocycles. The lowest BCUT2D eigenvalue weighted by atomic mass is 9.93. The van der Waals surface area contributed by atoms with Gasteiger partial charge in [-0.15, -0.1) is 0 Å². The molecule has 22 heavy (non-hydrogen) atoms. The van der Waals surface area contributed by atoms with E-state index in [0.717, 1.165) is 24.0 Å². The molecule has 0 saturated carbocycles. The molecule has 0 spiro atoms. The van der Waals surface area contributed by atoms with Crippen molar-refractivity contribution >= 4 is 5.57 Å². The van der Waals surface area contributed by atoms with E-state index in [1.165, 1.54) is 16.7 Å².